The van der Waals surface area contributed by atoms with Gasteiger partial charge < -0.3 is 30.8 Å². The van der Waals surface area contributed by atoms with Crippen molar-refractivity contribution in [2.45, 2.75) is 86.5 Å². The summed E-state index contributed by atoms with van der Waals surface area (Å²) in [4.78, 5) is 54.9. The van der Waals surface area contributed by atoms with Gasteiger partial charge in [0, 0.05) is 70.8 Å². The van der Waals surface area contributed by atoms with Crippen LogP contribution >= 0.6 is 0 Å². The molecule has 0 saturated carbocycles. The number of rotatable bonds is 12. The molecule has 2 aliphatic heterocycles. The first-order valence-electron chi connectivity index (χ1n) is 15.0. The standard InChI is InChI=1S/C33H42N4O6/c1-7-20-19(6)32(42)37-27(20)14-25-18(5)23(10-12-31(40)41)29(35-25)15-28-22(9-11-30(38)39)17(4)24(34-28)13-26-16(3)21(8-2)33(43)36-26/h13-14,19-20,34-35H,7-12,15H2,1-6H3,(H,36,43)(H,37,42)(H,38,39)(H,40,41)/b26-13-,27-14+/t19-,20-/m1/s1. The molecule has 2 aromatic heterocycles. The predicted octanol–water partition coefficient (Wildman–Crippen LogP) is 4.92. The van der Waals surface area contributed by atoms with Crippen LogP contribution in [0.2, 0.25) is 0 Å². The van der Waals surface area contributed by atoms with E-state index in [1.807, 2.05) is 46.8 Å². The second-order valence-corrected chi connectivity index (χ2v) is 11.6. The smallest absolute Gasteiger partial charge is 0.303 e. The lowest BCUT2D eigenvalue weighted by Gasteiger charge is -2.11. The molecule has 0 aliphatic carbocycles. The fourth-order valence-corrected chi connectivity index (χ4v) is 6.36. The van der Waals surface area contributed by atoms with E-state index in [4.69, 9.17) is 0 Å². The van der Waals surface area contributed by atoms with Gasteiger partial charge in [-0.1, -0.05) is 20.8 Å². The number of aliphatic carboxylic acids is 2. The number of carbonyl (C=O) groups excluding carboxylic acids is 2. The number of aromatic nitrogens is 2. The van der Waals surface area contributed by atoms with Crippen molar-refractivity contribution in [2.24, 2.45) is 11.8 Å². The fraction of sp³-hybridized carbons (Fsp3) is 0.455. The zero-order valence-corrected chi connectivity index (χ0v) is 25.8. The first kappa shape index (κ1) is 31.6. The first-order chi connectivity index (χ1) is 20.4. The minimum absolute atomic E-state index is 0.00481. The van der Waals surface area contributed by atoms with E-state index >= 15 is 0 Å². The number of hydrogen-bond acceptors (Lipinski definition) is 4. The number of aromatic amines is 2. The molecular weight excluding hydrogens is 548 g/mol. The number of hydrogen-bond donors (Lipinski definition) is 6. The average Bonchev–Trinajstić information content (AvgIpc) is 3.59. The summed E-state index contributed by atoms with van der Waals surface area (Å²) in [5.74, 6) is -1.95. The Balaban J connectivity index is 1.78. The number of carboxylic acids is 2. The van der Waals surface area contributed by atoms with Crippen LogP contribution in [-0.4, -0.2) is 43.9 Å². The van der Waals surface area contributed by atoms with Gasteiger partial charge in [-0.3, -0.25) is 19.2 Å². The monoisotopic (exact) mass is 590 g/mol. The van der Waals surface area contributed by atoms with Crippen molar-refractivity contribution < 1.29 is 29.4 Å². The highest BCUT2D eigenvalue weighted by atomic mass is 16.4. The number of carbonyl (C=O) groups is 4. The maximum atomic E-state index is 12.4. The molecule has 1 fully saturated rings. The van der Waals surface area contributed by atoms with E-state index in [1.165, 1.54) is 0 Å². The Hall–Kier alpha value is -4.34. The zero-order valence-electron chi connectivity index (χ0n) is 25.8. The van der Waals surface area contributed by atoms with Crippen molar-refractivity contribution in [3.63, 3.8) is 0 Å². The van der Waals surface area contributed by atoms with E-state index in [1.54, 1.807) is 0 Å². The summed E-state index contributed by atoms with van der Waals surface area (Å²) in [5.41, 5.74) is 10.1. The van der Waals surface area contributed by atoms with E-state index in [9.17, 15) is 29.4 Å². The Bertz CT molecular complexity index is 1570. The Morgan fingerprint density at radius 1 is 0.837 bits per heavy atom. The molecule has 10 nitrogen and oxygen atoms in total. The van der Waals surface area contributed by atoms with Gasteiger partial charge in [0.15, 0.2) is 0 Å². The van der Waals surface area contributed by atoms with E-state index in [2.05, 4.69) is 27.5 Å². The minimum atomic E-state index is -0.897. The van der Waals surface area contributed by atoms with E-state index < -0.39 is 11.9 Å². The van der Waals surface area contributed by atoms with Crippen LogP contribution in [0.25, 0.3) is 12.2 Å². The van der Waals surface area contributed by atoms with Crippen molar-refractivity contribution in [3.8, 4) is 0 Å². The van der Waals surface area contributed by atoms with Crippen LogP contribution in [-0.2, 0) is 38.4 Å². The van der Waals surface area contributed by atoms with Crippen molar-refractivity contribution in [1.29, 1.82) is 0 Å². The maximum absolute atomic E-state index is 12.4. The van der Waals surface area contributed by atoms with Crippen molar-refractivity contribution in [2.75, 3.05) is 0 Å². The maximum Gasteiger partial charge on any atom is 0.303 e. The lowest BCUT2D eigenvalue weighted by atomic mass is 9.92. The molecule has 2 atom stereocenters. The molecule has 6 N–H and O–H groups in total. The first-order valence-corrected chi connectivity index (χ1v) is 15.0. The van der Waals surface area contributed by atoms with Gasteiger partial charge in [-0.05, 0) is 86.4 Å². The third-order valence-corrected chi connectivity index (χ3v) is 8.99. The van der Waals surface area contributed by atoms with Crippen molar-refractivity contribution in [3.05, 3.63) is 67.6 Å². The van der Waals surface area contributed by atoms with Gasteiger partial charge in [0.1, 0.15) is 0 Å². The minimum Gasteiger partial charge on any atom is -0.481 e. The average molecular weight is 591 g/mol. The van der Waals surface area contributed by atoms with Gasteiger partial charge in [-0.15, -0.1) is 0 Å². The summed E-state index contributed by atoms with van der Waals surface area (Å²) >= 11 is 0. The highest BCUT2D eigenvalue weighted by molar-refractivity contribution is 6.01. The van der Waals surface area contributed by atoms with Crippen LogP contribution in [0.5, 0.6) is 0 Å². The number of carboxylic acid groups (broad SMARTS) is 2. The van der Waals surface area contributed by atoms with Crippen LogP contribution in [0.1, 0.15) is 98.4 Å². The van der Waals surface area contributed by atoms with E-state index in [-0.39, 0.29) is 36.5 Å². The predicted molar refractivity (Wildman–Crippen MR) is 164 cm³/mol. The summed E-state index contributed by atoms with van der Waals surface area (Å²) in [6, 6.07) is 0. The van der Waals surface area contributed by atoms with Crippen molar-refractivity contribution in [1.82, 2.24) is 20.6 Å². The SMILES string of the molecule is CCC1=C(C)/C(=C/c2[nH]c(Cc3[nH]c(/C=C4/NC(=O)[C@H](C)[C@H]4CC)c(C)c3CCC(=O)O)c(CCC(=O)O)c2C)NC1=O. The molecule has 2 amide bonds. The third kappa shape index (κ3) is 6.53. The largest absolute Gasteiger partial charge is 0.481 e. The van der Waals surface area contributed by atoms with Gasteiger partial charge in [-0.25, -0.2) is 0 Å². The number of allylic oxidation sites excluding steroid dienone is 2. The number of H-pyrrole nitrogens is 2. The van der Waals surface area contributed by atoms with E-state index in [0.717, 1.165) is 68.3 Å². The second-order valence-electron chi connectivity index (χ2n) is 11.6. The molecule has 0 spiro atoms. The molecule has 43 heavy (non-hydrogen) atoms. The van der Waals surface area contributed by atoms with Crippen LogP contribution in [0.4, 0.5) is 0 Å². The fourth-order valence-electron chi connectivity index (χ4n) is 6.36. The quantitative estimate of drug-likeness (QED) is 0.206. The van der Waals surface area contributed by atoms with Crippen LogP contribution in [0, 0.1) is 25.7 Å². The summed E-state index contributed by atoms with van der Waals surface area (Å²) < 4.78 is 0. The Kier molecular flexibility index (Phi) is 9.47. The second kappa shape index (κ2) is 12.9. The molecule has 230 valence electrons. The molecule has 1 saturated heterocycles. The summed E-state index contributed by atoms with van der Waals surface area (Å²) in [6.45, 7) is 11.7. The Morgan fingerprint density at radius 2 is 1.37 bits per heavy atom. The summed E-state index contributed by atoms with van der Waals surface area (Å²) in [7, 11) is 0. The lowest BCUT2D eigenvalue weighted by Crippen LogP contribution is -2.16. The molecule has 0 unspecified atom stereocenters. The molecular formula is C33H42N4O6. The zero-order chi connectivity index (χ0) is 31.6. The van der Waals surface area contributed by atoms with Gasteiger partial charge in [0.05, 0.1) is 0 Å². The highest BCUT2D eigenvalue weighted by Crippen LogP contribution is 2.33. The molecule has 0 aromatic carbocycles. The van der Waals surface area contributed by atoms with Crippen LogP contribution in [0.3, 0.4) is 0 Å². The lowest BCUT2D eigenvalue weighted by molar-refractivity contribution is -0.138. The molecule has 4 heterocycles. The number of amides is 2. The Morgan fingerprint density at radius 3 is 1.84 bits per heavy atom. The molecule has 0 bridgehead atoms. The topological polar surface area (TPSA) is 164 Å². The third-order valence-electron chi connectivity index (χ3n) is 8.99. The molecule has 0 radical (unpaired) electrons. The molecule has 4 rings (SSSR count). The highest BCUT2D eigenvalue weighted by Gasteiger charge is 2.34. The van der Waals surface area contributed by atoms with Crippen LogP contribution in [0.15, 0.2) is 22.5 Å². The van der Waals surface area contributed by atoms with Gasteiger partial charge >= 0.3 is 11.9 Å². The van der Waals surface area contributed by atoms with Gasteiger partial charge in [0.25, 0.3) is 5.91 Å². The van der Waals surface area contributed by atoms with Crippen LogP contribution < -0.4 is 10.6 Å². The van der Waals surface area contributed by atoms with Gasteiger partial charge in [0.2, 0.25) is 5.91 Å². The van der Waals surface area contributed by atoms with E-state index in [0.29, 0.717) is 31.4 Å². The molecule has 10 heteroatoms. The molecule has 2 aromatic rings. The van der Waals surface area contributed by atoms with Crippen molar-refractivity contribution >= 4 is 35.9 Å². The summed E-state index contributed by atoms with van der Waals surface area (Å²) in [5, 5.41) is 24.9. The Labute approximate surface area is 251 Å². The number of nitrogens with one attached hydrogen (secondary N) is 4. The normalized spacial score (nSPS) is 20.4. The summed E-state index contributed by atoms with van der Waals surface area (Å²) in [6.07, 6.45) is 6.27. The molecule has 2 aliphatic rings. The van der Waals surface area contributed by atoms with Gasteiger partial charge in [-0.2, -0.15) is 0 Å².